The molecule has 0 saturated carbocycles. The number of rotatable bonds is 1. The SMILES string of the molecule is Cn1cccc1-c1csc(Br)c1. The normalized spacial score (nSPS) is 10.5. The summed E-state index contributed by atoms with van der Waals surface area (Å²) in [6, 6.07) is 6.31. The first-order valence-corrected chi connectivity index (χ1v) is 5.30. The molecule has 0 bridgehead atoms. The van der Waals surface area contributed by atoms with Gasteiger partial charge in [-0.1, -0.05) is 0 Å². The van der Waals surface area contributed by atoms with Crippen LogP contribution in [0.4, 0.5) is 0 Å². The van der Waals surface area contributed by atoms with Crippen molar-refractivity contribution in [1.29, 1.82) is 0 Å². The molecule has 0 radical (unpaired) electrons. The molecule has 0 fully saturated rings. The Morgan fingerprint density at radius 1 is 1.50 bits per heavy atom. The second kappa shape index (κ2) is 3.07. The molecule has 1 nitrogen and oxygen atoms in total. The van der Waals surface area contributed by atoms with Crippen LogP contribution in [0.2, 0.25) is 0 Å². The summed E-state index contributed by atoms with van der Waals surface area (Å²) in [5, 5.41) is 2.15. The predicted octanol–water partition coefficient (Wildman–Crippen LogP) is 3.52. The van der Waals surface area contributed by atoms with Crippen molar-refractivity contribution >= 4 is 27.3 Å². The Kier molecular flexibility index (Phi) is 2.07. The van der Waals surface area contributed by atoms with Crippen LogP contribution in [-0.4, -0.2) is 4.57 Å². The maximum Gasteiger partial charge on any atom is 0.0705 e. The zero-order valence-corrected chi connectivity index (χ0v) is 9.02. The lowest BCUT2D eigenvalue weighted by atomic mass is 10.2. The van der Waals surface area contributed by atoms with Crippen molar-refractivity contribution in [3.63, 3.8) is 0 Å². The van der Waals surface area contributed by atoms with Gasteiger partial charge in [-0.05, 0) is 34.1 Å². The molecule has 0 N–H and O–H groups in total. The molecule has 2 rings (SSSR count). The third-order valence-electron chi connectivity index (χ3n) is 1.81. The van der Waals surface area contributed by atoms with Crippen molar-refractivity contribution in [2.45, 2.75) is 0 Å². The van der Waals surface area contributed by atoms with E-state index < -0.39 is 0 Å². The van der Waals surface area contributed by atoms with Gasteiger partial charge in [-0.2, -0.15) is 0 Å². The lowest BCUT2D eigenvalue weighted by Crippen LogP contribution is -1.86. The second-order valence-corrected chi connectivity index (χ2v) is 4.93. The summed E-state index contributed by atoms with van der Waals surface area (Å²) in [7, 11) is 2.06. The average Bonchev–Trinajstić information content (AvgIpc) is 2.58. The van der Waals surface area contributed by atoms with Gasteiger partial charge in [-0.15, -0.1) is 11.3 Å². The van der Waals surface area contributed by atoms with Gasteiger partial charge in [0.05, 0.1) is 3.79 Å². The highest BCUT2D eigenvalue weighted by atomic mass is 79.9. The summed E-state index contributed by atoms with van der Waals surface area (Å²) in [4.78, 5) is 0. The van der Waals surface area contributed by atoms with E-state index in [1.54, 1.807) is 11.3 Å². The highest BCUT2D eigenvalue weighted by molar-refractivity contribution is 9.11. The zero-order valence-electron chi connectivity index (χ0n) is 6.62. The minimum absolute atomic E-state index is 1.18. The fourth-order valence-electron chi connectivity index (χ4n) is 1.21. The summed E-state index contributed by atoms with van der Waals surface area (Å²) in [5.41, 5.74) is 2.54. The molecule has 0 aliphatic rings. The van der Waals surface area contributed by atoms with E-state index >= 15 is 0 Å². The average molecular weight is 242 g/mol. The monoisotopic (exact) mass is 241 g/mol. The van der Waals surface area contributed by atoms with E-state index in [1.807, 2.05) is 0 Å². The summed E-state index contributed by atoms with van der Waals surface area (Å²) < 4.78 is 3.30. The second-order valence-electron chi connectivity index (χ2n) is 2.64. The first-order chi connectivity index (χ1) is 5.77. The molecular formula is C9H8BrNS. The van der Waals surface area contributed by atoms with Gasteiger partial charge in [0.25, 0.3) is 0 Å². The quantitative estimate of drug-likeness (QED) is 0.721. The van der Waals surface area contributed by atoms with Crippen LogP contribution in [0.5, 0.6) is 0 Å². The first-order valence-electron chi connectivity index (χ1n) is 3.63. The fourth-order valence-corrected chi connectivity index (χ4v) is 2.36. The number of nitrogens with zero attached hydrogens (tertiary/aromatic N) is 1. The summed E-state index contributed by atoms with van der Waals surface area (Å²) in [5.74, 6) is 0. The number of hydrogen-bond donors (Lipinski definition) is 0. The van der Waals surface area contributed by atoms with Crippen molar-refractivity contribution in [1.82, 2.24) is 4.57 Å². The summed E-state index contributed by atoms with van der Waals surface area (Å²) in [6.07, 6.45) is 2.06. The molecule has 0 aliphatic carbocycles. The lowest BCUT2D eigenvalue weighted by Gasteiger charge is -1.98. The molecule has 3 heteroatoms. The molecule has 0 aromatic carbocycles. The van der Waals surface area contributed by atoms with Crippen LogP contribution >= 0.6 is 27.3 Å². The molecule has 2 aromatic rings. The van der Waals surface area contributed by atoms with Gasteiger partial charge in [0.1, 0.15) is 0 Å². The number of aromatic nitrogens is 1. The Balaban J connectivity index is 2.50. The predicted molar refractivity (Wildman–Crippen MR) is 56.4 cm³/mol. The molecule has 0 amide bonds. The maximum atomic E-state index is 3.45. The molecule has 0 aliphatic heterocycles. The molecule has 0 unspecified atom stereocenters. The van der Waals surface area contributed by atoms with Crippen molar-refractivity contribution < 1.29 is 0 Å². The van der Waals surface area contributed by atoms with E-state index in [0.29, 0.717) is 0 Å². The molecule has 62 valence electrons. The van der Waals surface area contributed by atoms with Gasteiger partial charge in [0.2, 0.25) is 0 Å². The van der Waals surface area contributed by atoms with Gasteiger partial charge < -0.3 is 4.57 Å². The molecule has 2 heterocycles. The van der Waals surface area contributed by atoms with Crippen molar-refractivity contribution in [3.8, 4) is 11.3 Å². The standard InChI is InChI=1S/C9H8BrNS/c1-11-4-2-3-8(11)7-5-9(10)12-6-7/h2-6H,1H3. The minimum Gasteiger partial charge on any atom is -0.351 e. The Bertz CT molecular complexity index is 389. The topological polar surface area (TPSA) is 4.93 Å². The van der Waals surface area contributed by atoms with Crippen LogP contribution in [-0.2, 0) is 7.05 Å². The molecule has 0 spiro atoms. The first kappa shape index (κ1) is 8.08. The molecule has 0 saturated heterocycles. The smallest absolute Gasteiger partial charge is 0.0705 e. The van der Waals surface area contributed by atoms with Gasteiger partial charge in [-0.25, -0.2) is 0 Å². The summed E-state index contributed by atoms with van der Waals surface area (Å²) >= 11 is 5.17. The summed E-state index contributed by atoms with van der Waals surface area (Å²) in [6.45, 7) is 0. The van der Waals surface area contributed by atoms with E-state index in [2.05, 4.69) is 57.3 Å². The fraction of sp³-hybridized carbons (Fsp3) is 0.111. The number of aryl methyl sites for hydroxylation is 1. The number of thiophene rings is 1. The largest absolute Gasteiger partial charge is 0.351 e. The van der Waals surface area contributed by atoms with Crippen molar-refractivity contribution in [2.75, 3.05) is 0 Å². The highest BCUT2D eigenvalue weighted by Crippen LogP contribution is 2.28. The van der Waals surface area contributed by atoms with Crippen LogP contribution < -0.4 is 0 Å². The van der Waals surface area contributed by atoms with E-state index in [4.69, 9.17) is 0 Å². The number of halogens is 1. The van der Waals surface area contributed by atoms with Crippen LogP contribution in [0.25, 0.3) is 11.3 Å². The molecular weight excluding hydrogens is 234 g/mol. The van der Waals surface area contributed by atoms with Crippen molar-refractivity contribution in [2.24, 2.45) is 7.05 Å². The van der Waals surface area contributed by atoms with E-state index in [-0.39, 0.29) is 0 Å². The number of hydrogen-bond acceptors (Lipinski definition) is 1. The minimum atomic E-state index is 1.18. The van der Waals surface area contributed by atoms with Gasteiger partial charge >= 0.3 is 0 Å². The van der Waals surface area contributed by atoms with E-state index in [1.165, 1.54) is 15.0 Å². The maximum absolute atomic E-state index is 3.45. The van der Waals surface area contributed by atoms with Gasteiger partial charge in [0.15, 0.2) is 0 Å². The zero-order chi connectivity index (χ0) is 8.55. The molecule has 0 atom stereocenters. The third-order valence-corrected chi connectivity index (χ3v) is 3.31. The highest BCUT2D eigenvalue weighted by Gasteiger charge is 2.02. The van der Waals surface area contributed by atoms with Crippen LogP contribution in [0.15, 0.2) is 33.6 Å². The van der Waals surface area contributed by atoms with Crippen LogP contribution in [0.1, 0.15) is 0 Å². The Labute approximate surface area is 83.8 Å². The third kappa shape index (κ3) is 1.34. The van der Waals surface area contributed by atoms with Crippen molar-refractivity contribution in [3.05, 3.63) is 33.6 Å². The van der Waals surface area contributed by atoms with Crippen LogP contribution in [0.3, 0.4) is 0 Å². The lowest BCUT2D eigenvalue weighted by molar-refractivity contribution is 0.938. The Morgan fingerprint density at radius 3 is 2.83 bits per heavy atom. The molecule has 12 heavy (non-hydrogen) atoms. The van der Waals surface area contributed by atoms with Gasteiger partial charge in [0, 0.05) is 29.9 Å². The van der Waals surface area contributed by atoms with E-state index in [9.17, 15) is 0 Å². The Morgan fingerprint density at radius 2 is 2.33 bits per heavy atom. The van der Waals surface area contributed by atoms with E-state index in [0.717, 1.165) is 0 Å². The van der Waals surface area contributed by atoms with Crippen LogP contribution in [0, 0.1) is 0 Å². The Hall–Kier alpha value is -0.540. The van der Waals surface area contributed by atoms with Gasteiger partial charge in [-0.3, -0.25) is 0 Å². The molecule has 2 aromatic heterocycles.